The van der Waals surface area contributed by atoms with Gasteiger partial charge in [0.25, 0.3) is 0 Å². The lowest BCUT2D eigenvalue weighted by Crippen LogP contribution is -2.44. The Labute approximate surface area is 187 Å². The first-order valence-corrected chi connectivity index (χ1v) is 11.9. The number of nitrogens with one attached hydrogen (secondary N) is 2. The van der Waals surface area contributed by atoms with E-state index in [0.29, 0.717) is 34.9 Å². The van der Waals surface area contributed by atoms with Crippen molar-refractivity contribution in [3.05, 3.63) is 46.2 Å². The van der Waals surface area contributed by atoms with E-state index in [1.807, 2.05) is 0 Å². The minimum Gasteiger partial charge on any atom is -0.462 e. The molecule has 0 unspecified atom stereocenters. The summed E-state index contributed by atoms with van der Waals surface area (Å²) in [4.78, 5) is 28.0. The largest absolute Gasteiger partial charge is 0.462 e. The number of benzene rings is 1. The third-order valence-corrected chi connectivity index (χ3v) is 7.55. The minimum atomic E-state index is -4.01. The van der Waals surface area contributed by atoms with Crippen LogP contribution in [0.5, 0.6) is 0 Å². The van der Waals surface area contributed by atoms with E-state index >= 15 is 0 Å². The summed E-state index contributed by atoms with van der Waals surface area (Å²) in [6.07, 6.45) is 1.11. The molecule has 8 nitrogen and oxygen atoms in total. The fraction of sp³-hybridized carbons (Fsp3) is 0.429. The van der Waals surface area contributed by atoms with Gasteiger partial charge in [-0.3, -0.25) is 4.79 Å². The van der Waals surface area contributed by atoms with Crippen molar-refractivity contribution < 1.29 is 22.7 Å². The summed E-state index contributed by atoms with van der Waals surface area (Å²) in [6, 6.07) is 6.72. The molecule has 0 radical (unpaired) electrons. The number of nitrogens with zero attached hydrogens (tertiary/aromatic N) is 1. The summed E-state index contributed by atoms with van der Waals surface area (Å²) >= 11 is 5.87. The number of ether oxygens (including phenoxy) is 1. The third kappa shape index (κ3) is 4.94. The number of H-pyrrole nitrogens is 1. The van der Waals surface area contributed by atoms with Crippen LogP contribution in [0.1, 0.15) is 41.5 Å². The highest BCUT2D eigenvalue weighted by molar-refractivity contribution is 7.89. The molecule has 0 bridgehead atoms. The van der Waals surface area contributed by atoms with Gasteiger partial charge in [-0.15, -0.1) is 0 Å². The van der Waals surface area contributed by atoms with Crippen LogP contribution < -0.4 is 5.32 Å². The zero-order valence-electron chi connectivity index (χ0n) is 17.7. The number of carbonyl (C=O) groups is 2. The number of piperidine rings is 1. The van der Waals surface area contributed by atoms with Crippen LogP contribution in [-0.4, -0.2) is 49.3 Å². The smallest absolute Gasteiger partial charge is 0.341 e. The van der Waals surface area contributed by atoms with E-state index in [1.165, 1.54) is 4.31 Å². The number of esters is 1. The third-order valence-electron chi connectivity index (χ3n) is 5.26. The van der Waals surface area contributed by atoms with Crippen molar-refractivity contribution in [3.8, 4) is 0 Å². The summed E-state index contributed by atoms with van der Waals surface area (Å²) in [6.45, 7) is 5.36. The quantitative estimate of drug-likeness (QED) is 0.632. The van der Waals surface area contributed by atoms with Gasteiger partial charge >= 0.3 is 5.97 Å². The van der Waals surface area contributed by atoms with Gasteiger partial charge in [0.05, 0.1) is 12.5 Å². The molecule has 1 fully saturated rings. The Morgan fingerprint density at radius 3 is 2.55 bits per heavy atom. The molecule has 168 valence electrons. The molecule has 0 aliphatic carbocycles. The van der Waals surface area contributed by atoms with Gasteiger partial charge in [0.2, 0.25) is 15.9 Å². The molecule has 1 aliphatic heterocycles. The fourth-order valence-corrected chi connectivity index (χ4v) is 5.87. The Balaban J connectivity index is 1.83. The number of aromatic amines is 1. The van der Waals surface area contributed by atoms with Crippen LogP contribution in [0, 0.1) is 19.8 Å². The molecule has 2 heterocycles. The lowest BCUT2D eigenvalue weighted by Gasteiger charge is -2.31. The Morgan fingerprint density at radius 2 is 1.90 bits per heavy atom. The fourth-order valence-electron chi connectivity index (χ4n) is 3.81. The normalized spacial score (nSPS) is 17.4. The molecule has 1 amide bonds. The summed E-state index contributed by atoms with van der Waals surface area (Å²) < 4.78 is 33.3. The van der Waals surface area contributed by atoms with Gasteiger partial charge in [-0.2, -0.15) is 4.31 Å². The first-order valence-electron chi connectivity index (χ1n) is 10.1. The van der Waals surface area contributed by atoms with Crippen LogP contribution in [0.2, 0.25) is 5.02 Å². The molecule has 2 aromatic rings. The summed E-state index contributed by atoms with van der Waals surface area (Å²) in [7, 11) is -4.01. The zero-order valence-corrected chi connectivity index (χ0v) is 19.3. The van der Waals surface area contributed by atoms with Crippen LogP contribution in [0.25, 0.3) is 0 Å². The zero-order chi connectivity index (χ0) is 22.8. The van der Waals surface area contributed by atoms with Crippen molar-refractivity contribution in [1.29, 1.82) is 0 Å². The van der Waals surface area contributed by atoms with E-state index in [4.69, 9.17) is 16.3 Å². The van der Waals surface area contributed by atoms with Crippen molar-refractivity contribution in [2.75, 3.05) is 25.0 Å². The molecule has 1 aliphatic rings. The van der Waals surface area contributed by atoms with Crippen molar-refractivity contribution in [1.82, 2.24) is 9.29 Å². The maximum atomic E-state index is 13.5. The highest BCUT2D eigenvalue weighted by Gasteiger charge is 2.38. The maximum Gasteiger partial charge on any atom is 0.341 e. The Bertz CT molecular complexity index is 1080. The van der Waals surface area contributed by atoms with E-state index in [1.54, 1.807) is 45.0 Å². The van der Waals surface area contributed by atoms with E-state index in [-0.39, 0.29) is 36.1 Å². The number of rotatable bonds is 6. The Hall–Kier alpha value is -2.36. The molecule has 0 spiro atoms. The molecular weight excluding hydrogens is 442 g/mol. The molecule has 0 saturated carbocycles. The molecular formula is C21H26ClN3O5S. The van der Waals surface area contributed by atoms with Gasteiger partial charge < -0.3 is 15.0 Å². The van der Waals surface area contributed by atoms with Gasteiger partial charge in [-0.1, -0.05) is 11.6 Å². The van der Waals surface area contributed by atoms with Gasteiger partial charge in [0.1, 0.15) is 10.5 Å². The number of anilines is 1. The monoisotopic (exact) mass is 467 g/mol. The Kier molecular flexibility index (Phi) is 7.08. The SMILES string of the molecule is CCOC(=O)c1c(C)[nH]c(C)c1S(=O)(=O)N1CCC[C@@H](C(=O)Nc2ccc(Cl)cc2)C1. The number of aryl methyl sites for hydroxylation is 2. The van der Waals surface area contributed by atoms with Crippen LogP contribution in [0.3, 0.4) is 0 Å². The van der Waals surface area contributed by atoms with Crippen LogP contribution in [0.15, 0.2) is 29.2 Å². The number of hydrogen-bond donors (Lipinski definition) is 2. The summed E-state index contributed by atoms with van der Waals surface area (Å²) in [5.41, 5.74) is 1.42. The second-order valence-corrected chi connectivity index (χ2v) is 9.81. The van der Waals surface area contributed by atoms with Crippen LogP contribution >= 0.6 is 11.6 Å². The minimum absolute atomic E-state index is 0.0205. The molecule has 2 N–H and O–H groups in total. The first kappa shape index (κ1) is 23.3. The number of aromatic nitrogens is 1. The number of amides is 1. The van der Waals surface area contributed by atoms with E-state index in [2.05, 4.69) is 10.3 Å². The molecule has 10 heteroatoms. The van der Waals surface area contributed by atoms with E-state index < -0.39 is 21.9 Å². The molecule has 3 rings (SSSR count). The van der Waals surface area contributed by atoms with Crippen molar-refractivity contribution >= 4 is 39.2 Å². The van der Waals surface area contributed by atoms with Gasteiger partial charge in [-0.05, 0) is 57.9 Å². The molecule has 31 heavy (non-hydrogen) atoms. The number of hydrogen-bond acceptors (Lipinski definition) is 5. The topological polar surface area (TPSA) is 109 Å². The predicted molar refractivity (Wildman–Crippen MR) is 118 cm³/mol. The average Bonchev–Trinajstić information content (AvgIpc) is 3.04. The summed E-state index contributed by atoms with van der Waals surface area (Å²) in [5.74, 6) is -1.45. The van der Waals surface area contributed by atoms with E-state index in [0.717, 1.165) is 0 Å². The average molecular weight is 468 g/mol. The van der Waals surface area contributed by atoms with E-state index in [9.17, 15) is 18.0 Å². The summed E-state index contributed by atoms with van der Waals surface area (Å²) in [5, 5.41) is 3.37. The molecule has 1 aromatic carbocycles. The predicted octanol–water partition coefficient (Wildman–Crippen LogP) is 3.50. The number of sulfonamides is 1. The highest BCUT2D eigenvalue weighted by atomic mass is 35.5. The second kappa shape index (κ2) is 9.42. The van der Waals surface area contributed by atoms with Gasteiger partial charge in [0.15, 0.2) is 0 Å². The number of halogens is 1. The highest BCUT2D eigenvalue weighted by Crippen LogP contribution is 2.31. The lowest BCUT2D eigenvalue weighted by atomic mass is 9.99. The lowest BCUT2D eigenvalue weighted by molar-refractivity contribution is -0.120. The molecule has 1 atom stereocenters. The van der Waals surface area contributed by atoms with Crippen molar-refractivity contribution in [3.63, 3.8) is 0 Å². The second-order valence-electron chi connectivity index (χ2n) is 7.50. The van der Waals surface area contributed by atoms with Crippen molar-refractivity contribution in [2.24, 2.45) is 5.92 Å². The standard InChI is InChI=1S/C21H26ClN3O5S/c1-4-30-21(27)18-13(2)23-14(3)19(18)31(28,29)25-11-5-6-15(12-25)20(26)24-17-9-7-16(22)8-10-17/h7-10,15,23H,4-6,11-12H2,1-3H3,(H,24,26)/t15-/m1/s1. The number of carbonyl (C=O) groups excluding carboxylic acids is 2. The van der Waals surface area contributed by atoms with Crippen molar-refractivity contribution in [2.45, 2.75) is 38.5 Å². The molecule has 1 aromatic heterocycles. The van der Waals surface area contributed by atoms with Gasteiger partial charge in [0, 0.05) is 35.2 Å². The maximum absolute atomic E-state index is 13.5. The first-order chi connectivity index (χ1) is 14.6. The van der Waals surface area contributed by atoms with Crippen LogP contribution in [0.4, 0.5) is 5.69 Å². The molecule has 1 saturated heterocycles. The Morgan fingerprint density at radius 1 is 1.23 bits per heavy atom. The van der Waals surface area contributed by atoms with Crippen LogP contribution in [-0.2, 0) is 19.6 Å². The van der Waals surface area contributed by atoms with Gasteiger partial charge in [-0.25, -0.2) is 13.2 Å².